The molecule has 218 valence electrons. The van der Waals surface area contributed by atoms with Crippen LogP contribution in [-0.4, -0.2) is 89.6 Å². The fourth-order valence-electron chi connectivity index (χ4n) is 5.33. The predicted molar refractivity (Wildman–Crippen MR) is 155 cm³/mol. The number of rotatable bonds is 10. The van der Waals surface area contributed by atoms with Crippen LogP contribution in [-0.2, 0) is 13.6 Å². The largest absolute Gasteiger partial charge is 0.496 e. The van der Waals surface area contributed by atoms with E-state index in [4.69, 9.17) is 18.6 Å². The summed E-state index contributed by atoms with van der Waals surface area (Å²) in [6, 6.07) is 8.66. The second kappa shape index (κ2) is 12.3. The SMILES string of the molecule is COc1cc(OC)c2c(=O)cc(-c3cc(C)c(OC[C@H](O)CN4CCN(Cc5cn(C)nn5)CC4)c(C)c3)oc2c1. The van der Waals surface area contributed by atoms with Crippen molar-refractivity contribution in [1.82, 2.24) is 24.8 Å². The zero-order valence-electron chi connectivity index (χ0n) is 24.2. The van der Waals surface area contributed by atoms with Gasteiger partial charge in [-0.05, 0) is 37.1 Å². The van der Waals surface area contributed by atoms with Crippen LogP contribution in [0, 0.1) is 13.8 Å². The first-order valence-corrected chi connectivity index (χ1v) is 13.7. The predicted octanol–water partition coefficient (Wildman–Crippen LogP) is 2.78. The van der Waals surface area contributed by atoms with Crippen LogP contribution in [0.25, 0.3) is 22.3 Å². The van der Waals surface area contributed by atoms with E-state index in [1.807, 2.05) is 39.2 Å². The number of methoxy groups -OCH3 is 2. The summed E-state index contributed by atoms with van der Waals surface area (Å²) in [6.07, 6.45) is 1.32. The standard InChI is InChI=1S/C30H37N5O6/c1-19-10-21(26-14-25(37)29-27(39-5)12-24(38-4)13-28(29)41-26)11-20(2)30(19)40-18-23(36)17-35-8-6-34(7-9-35)16-22-15-33(3)32-31-22/h10-15,23,36H,6-9,16-18H2,1-5H3/t23-/m1/s1. The van der Waals surface area contributed by atoms with Gasteiger partial charge in [-0.1, -0.05) is 5.21 Å². The third-order valence-corrected chi connectivity index (χ3v) is 7.36. The number of aromatic nitrogens is 3. The summed E-state index contributed by atoms with van der Waals surface area (Å²) in [7, 11) is 4.93. The zero-order valence-corrected chi connectivity index (χ0v) is 24.2. The summed E-state index contributed by atoms with van der Waals surface area (Å²) < 4.78 is 24.7. The van der Waals surface area contributed by atoms with Gasteiger partial charge in [0.15, 0.2) is 5.43 Å². The molecule has 0 saturated carbocycles. The minimum atomic E-state index is -0.622. The Labute approximate surface area is 238 Å². The van der Waals surface area contributed by atoms with Gasteiger partial charge in [0.2, 0.25) is 0 Å². The molecule has 0 bridgehead atoms. The first-order valence-electron chi connectivity index (χ1n) is 13.7. The first-order chi connectivity index (χ1) is 19.7. The highest BCUT2D eigenvalue weighted by Crippen LogP contribution is 2.34. The van der Waals surface area contributed by atoms with E-state index in [1.54, 1.807) is 23.9 Å². The van der Waals surface area contributed by atoms with Crippen molar-refractivity contribution in [3.63, 3.8) is 0 Å². The van der Waals surface area contributed by atoms with E-state index in [0.29, 0.717) is 40.5 Å². The van der Waals surface area contributed by atoms with Crippen LogP contribution >= 0.6 is 0 Å². The molecule has 0 unspecified atom stereocenters. The topological polar surface area (TPSA) is 115 Å². The van der Waals surface area contributed by atoms with Gasteiger partial charge in [0.25, 0.3) is 0 Å². The smallest absolute Gasteiger partial charge is 0.197 e. The molecule has 0 aliphatic carbocycles. The summed E-state index contributed by atoms with van der Waals surface area (Å²) in [5.41, 5.74) is 3.68. The van der Waals surface area contributed by atoms with Gasteiger partial charge >= 0.3 is 0 Å². The van der Waals surface area contributed by atoms with E-state index in [0.717, 1.165) is 55.1 Å². The summed E-state index contributed by atoms with van der Waals surface area (Å²) >= 11 is 0. The average Bonchev–Trinajstić information content (AvgIpc) is 3.36. The number of hydrogen-bond donors (Lipinski definition) is 1. The molecule has 0 spiro atoms. The van der Waals surface area contributed by atoms with Gasteiger partial charge in [-0.3, -0.25) is 19.3 Å². The number of aryl methyl sites for hydroxylation is 3. The molecule has 11 nitrogen and oxygen atoms in total. The molecule has 1 fully saturated rings. The summed E-state index contributed by atoms with van der Waals surface area (Å²) in [6.45, 7) is 8.97. The molecule has 5 rings (SSSR count). The average molecular weight is 564 g/mol. The van der Waals surface area contributed by atoms with Crippen LogP contribution in [0.5, 0.6) is 17.2 Å². The molecule has 0 amide bonds. The van der Waals surface area contributed by atoms with E-state index in [-0.39, 0.29) is 12.0 Å². The lowest BCUT2D eigenvalue weighted by atomic mass is 10.0. The molecule has 3 heterocycles. The van der Waals surface area contributed by atoms with Crippen molar-refractivity contribution in [3.8, 4) is 28.6 Å². The fourth-order valence-corrected chi connectivity index (χ4v) is 5.33. The van der Waals surface area contributed by atoms with Gasteiger partial charge in [-0.25, -0.2) is 0 Å². The van der Waals surface area contributed by atoms with Gasteiger partial charge in [-0.2, -0.15) is 0 Å². The highest BCUT2D eigenvalue weighted by Gasteiger charge is 2.21. The maximum absolute atomic E-state index is 13.0. The second-order valence-corrected chi connectivity index (χ2v) is 10.5. The molecule has 1 aliphatic rings. The van der Waals surface area contributed by atoms with Crippen molar-refractivity contribution in [3.05, 3.63) is 63.6 Å². The maximum Gasteiger partial charge on any atom is 0.197 e. The van der Waals surface area contributed by atoms with Crippen LogP contribution < -0.4 is 19.6 Å². The van der Waals surface area contributed by atoms with Crippen LogP contribution in [0.15, 0.2) is 45.7 Å². The lowest BCUT2D eigenvalue weighted by Gasteiger charge is -2.35. The summed E-state index contributed by atoms with van der Waals surface area (Å²) in [5, 5.41) is 19.3. The van der Waals surface area contributed by atoms with Gasteiger partial charge in [-0.15, -0.1) is 5.10 Å². The monoisotopic (exact) mass is 563 g/mol. The highest BCUT2D eigenvalue weighted by atomic mass is 16.5. The van der Waals surface area contributed by atoms with Gasteiger partial charge in [0.05, 0.1) is 19.9 Å². The normalized spacial score (nSPS) is 15.3. The minimum Gasteiger partial charge on any atom is -0.496 e. The van der Waals surface area contributed by atoms with E-state index in [9.17, 15) is 9.90 Å². The Bertz CT molecular complexity index is 1550. The molecule has 2 aromatic heterocycles. The molecule has 1 N–H and O–H groups in total. The second-order valence-electron chi connectivity index (χ2n) is 10.5. The Morgan fingerprint density at radius 2 is 1.71 bits per heavy atom. The lowest BCUT2D eigenvalue weighted by molar-refractivity contribution is 0.0441. The number of aliphatic hydroxyl groups is 1. The number of aliphatic hydroxyl groups excluding tert-OH is 1. The Morgan fingerprint density at radius 1 is 1.00 bits per heavy atom. The molecule has 1 aliphatic heterocycles. The number of benzene rings is 2. The summed E-state index contributed by atoms with van der Waals surface area (Å²) in [5.74, 6) is 2.09. The molecule has 2 aromatic carbocycles. The van der Waals surface area contributed by atoms with E-state index in [1.165, 1.54) is 13.2 Å². The number of fused-ring (bicyclic) bond motifs is 1. The molecule has 41 heavy (non-hydrogen) atoms. The lowest BCUT2D eigenvalue weighted by Crippen LogP contribution is -2.48. The number of piperazine rings is 1. The van der Waals surface area contributed by atoms with Crippen molar-refractivity contribution in [2.75, 3.05) is 53.6 Å². The molecule has 0 radical (unpaired) electrons. The quantitative estimate of drug-likeness (QED) is 0.309. The van der Waals surface area contributed by atoms with Crippen LogP contribution in [0.3, 0.4) is 0 Å². The number of β-amino-alcohol motifs (C(OH)–C–C–N with tert-alkyl or cyclic N) is 1. The minimum absolute atomic E-state index is 0.186. The van der Waals surface area contributed by atoms with Crippen molar-refractivity contribution >= 4 is 11.0 Å². The molecular formula is C30H37N5O6. The van der Waals surface area contributed by atoms with E-state index < -0.39 is 6.10 Å². The number of nitrogens with zero attached hydrogens (tertiary/aromatic N) is 5. The molecule has 1 atom stereocenters. The Hall–Kier alpha value is -3.93. The fraction of sp³-hybridized carbons (Fsp3) is 0.433. The van der Waals surface area contributed by atoms with Crippen LogP contribution in [0.4, 0.5) is 0 Å². The molecule has 4 aromatic rings. The van der Waals surface area contributed by atoms with Crippen molar-refractivity contribution in [2.45, 2.75) is 26.5 Å². The Kier molecular flexibility index (Phi) is 8.57. The van der Waals surface area contributed by atoms with Crippen molar-refractivity contribution in [1.29, 1.82) is 0 Å². The van der Waals surface area contributed by atoms with Crippen LogP contribution in [0.1, 0.15) is 16.8 Å². The number of hydrogen-bond acceptors (Lipinski definition) is 10. The van der Waals surface area contributed by atoms with Crippen molar-refractivity contribution < 1.29 is 23.7 Å². The maximum atomic E-state index is 13.0. The van der Waals surface area contributed by atoms with E-state index in [2.05, 4.69) is 20.1 Å². The Morgan fingerprint density at radius 3 is 2.34 bits per heavy atom. The molecule has 1 saturated heterocycles. The van der Waals surface area contributed by atoms with Gasteiger partial charge in [0.1, 0.15) is 46.7 Å². The third-order valence-electron chi connectivity index (χ3n) is 7.36. The van der Waals surface area contributed by atoms with Gasteiger partial charge < -0.3 is 23.7 Å². The van der Waals surface area contributed by atoms with E-state index >= 15 is 0 Å². The van der Waals surface area contributed by atoms with Crippen LogP contribution in [0.2, 0.25) is 0 Å². The van der Waals surface area contributed by atoms with Gasteiger partial charge in [0, 0.05) is 76.3 Å². The molecular weight excluding hydrogens is 526 g/mol. The summed E-state index contributed by atoms with van der Waals surface area (Å²) in [4.78, 5) is 17.6. The Balaban J connectivity index is 1.21. The van der Waals surface area contributed by atoms with Crippen molar-refractivity contribution in [2.24, 2.45) is 7.05 Å². The first kappa shape index (κ1) is 28.6. The highest BCUT2D eigenvalue weighted by molar-refractivity contribution is 5.86. The number of ether oxygens (including phenoxy) is 3. The third kappa shape index (κ3) is 6.53. The zero-order chi connectivity index (χ0) is 29.1. The molecule has 11 heteroatoms.